The van der Waals surface area contributed by atoms with Crippen molar-refractivity contribution in [3.05, 3.63) is 17.7 Å². The quantitative estimate of drug-likeness (QED) is 0.718. The molecule has 1 aromatic rings. The molecule has 0 amide bonds. The molecule has 1 aliphatic heterocycles. The number of nitrogens with two attached hydrogens (primary N) is 1. The molecule has 0 aliphatic carbocycles. The van der Waals surface area contributed by atoms with Crippen LogP contribution in [0.2, 0.25) is 0 Å². The minimum atomic E-state index is 0.666. The lowest BCUT2D eigenvalue weighted by Crippen LogP contribution is -2.35. The molecule has 0 spiro atoms. The number of aromatic nitrogens is 2. The van der Waals surface area contributed by atoms with Gasteiger partial charge >= 0.3 is 0 Å². The maximum atomic E-state index is 5.48. The molecule has 0 atom stereocenters. The van der Waals surface area contributed by atoms with E-state index in [-0.39, 0.29) is 0 Å². The van der Waals surface area contributed by atoms with E-state index in [2.05, 4.69) is 14.9 Å². The van der Waals surface area contributed by atoms with Crippen LogP contribution in [0.1, 0.15) is 11.5 Å². The zero-order valence-corrected chi connectivity index (χ0v) is 8.91. The van der Waals surface area contributed by atoms with Crippen molar-refractivity contribution in [2.45, 2.75) is 13.0 Å². The second-order valence-corrected chi connectivity index (χ2v) is 3.78. The van der Waals surface area contributed by atoms with Crippen molar-refractivity contribution in [3.8, 4) is 0 Å². The standard InChI is InChI=1S/C10H18N4O/c11-2-1-9-7-12-10(13-9)8-14-3-5-15-6-4-14/h7H,1-6,8,11H2,(H,12,13). The fourth-order valence-corrected chi connectivity index (χ4v) is 1.74. The van der Waals surface area contributed by atoms with Crippen LogP contribution in [0.4, 0.5) is 0 Å². The van der Waals surface area contributed by atoms with Crippen LogP contribution in [0.5, 0.6) is 0 Å². The molecule has 5 heteroatoms. The highest BCUT2D eigenvalue weighted by Gasteiger charge is 2.12. The first kappa shape index (κ1) is 10.6. The van der Waals surface area contributed by atoms with Gasteiger partial charge < -0.3 is 15.5 Å². The van der Waals surface area contributed by atoms with Crippen LogP contribution in [0, 0.1) is 0 Å². The van der Waals surface area contributed by atoms with Gasteiger partial charge in [-0.15, -0.1) is 0 Å². The number of nitrogens with one attached hydrogen (secondary N) is 1. The van der Waals surface area contributed by atoms with Crippen molar-refractivity contribution in [1.82, 2.24) is 14.9 Å². The van der Waals surface area contributed by atoms with Crippen molar-refractivity contribution in [1.29, 1.82) is 0 Å². The minimum absolute atomic E-state index is 0.666. The zero-order chi connectivity index (χ0) is 10.5. The van der Waals surface area contributed by atoms with Crippen LogP contribution in [0.25, 0.3) is 0 Å². The molecule has 1 aromatic heterocycles. The van der Waals surface area contributed by atoms with E-state index in [0.29, 0.717) is 6.54 Å². The molecular weight excluding hydrogens is 192 g/mol. The molecule has 2 heterocycles. The summed E-state index contributed by atoms with van der Waals surface area (Å²) in [6, 6.07) is 0. The van der Waals surface area contributed by atoms with Gasteiger partial charge in [0.1, 0.15) is 5.82 Å². The number of aromatic amines is 1. The van der Waals surface area contributed by atoms with Gasteiger partial charge in [-0.05, 0) is 6.54 Å². The number of morpholine rings is 1. The predicted octanol–water partition coefficient (Wildman–Crippen LogP) is -0.257. The number of hydrogen-bond acceptors (Lipinski definition) is 4. The van der Waals surface area contributed by atoms with Gasteiger partial charge in [0, 0.05) is 31.4 Å². The lowest BCUT2D eigenvalue weighted by Gasteiger charge is -2.25. The maximum Gasteiger partial charge on any atom is 0.120 e. The monoisotopic (exact) mass is 210 g/mol. The van der Waals surface area contributed by atoms with Gasteiger partial charge in [0.15, 0.2) is 0 Å². The summed E-state index contributed by atoms with van der Waals surface area (Å²) in [5.74, 6) is 1.03. The molecule has 3 N–H and O–H groups in total. The molecule has 1 saturated heterocycles. The molecule has 0 saturated carbocycles. The number of nitrogens with zero attached hydrogens (tertiary/aromatic N) is 2. The molecule has 2 rings (SSSR count). The van der Waals surface area contributed by atoms with Crippen molar-refractivity contribution in [3.63, 3.8) is 0 Å². The summed E-state index contributed by atoms with van der Waals surface area (Å²) in [6.07, 6.45) is 2.75. The van der Waals surface area contributed by atoms with Crippen molar-refractivity contribution in [2.75, 3.05) is 32.8 Å². The maximum absolute atomic E-state index is 5.48. The highest BCUT2D eigenvalue weighted by atomic mass is 16.5. The summed E-state index contributed by atoms with van der Waals surface area (Å²) in [5.41, 5.74) is 6.61. The molecule has 0 unspecified atom stereocenters. The highest BCUT2D eigenvalue weighted by molar-refractivity contribution is 5.01. The third-order valence-electron chi connectivity index (χ3n) is 2.57. The highest BCUT2D eigenvalue weighted by Crippen LogP contribution is 2.04. The average molecular weight is 210 g/mol. The van der Waals surface area contributed by atoms with Gasteiger partial charge in [-0.3, -0.25) is 4.90 Å². The van der Waals surface area contributed by atoms with Crippen molar-refractivity contribution >= 4 is 0 Å². The topological polar surface area (TPSA) is 67.2 Å². The second kappa shape index (κ2) is 5.25. The zero-order valence-electron chi connectivity index (χ0n) is 8.91. The van der Waals surface area contributed by atoms with Crippen molar-refractivity contribution < 1.29 is 4.74 Å². The molecule has 1 fully saturated rings. The van der Waals surface area contributed by atoms with Crippen LogP contribution < -0.4 is 5.73 Å². The van der Waals surface area contributed by atoms with Gasteiger partial charge in [-0.1, -0.05) is 0 Å². The Kier molecular flexibility index (Phi) is 3.71. The van der Waals surface area contributed by atoms with E-state index in [1.54, 1.807) is 0 Å². The Morgan fingerprint density at radius 2 is 2.27 bits per heavy atom. The Morgan fingerprint density at radius 3 is 3.00 bits per heavy atom. The SMILES string of the molecule is NCCc1cnc(CN2CCOCC2)[nH]1. The molecule has 15 heavy (non-hydrogen) atoms. The molecule has 5 nitrogen and oxygen atoms in total. The van der Waals surface area contributed by atoms with E-state index in [0.717, 1.165) is 50.8 Å². The van der Waals surface area contributed by atoms with E-state index in [9.17, 15) is 0 Å². The minimum Gasteiger partial charge on any atom is -0.379 e. The predicted molar refractivity (Wildman–Crippen MR) is 57.4 cm³/mol. The number of imidazole rings is 1. The van der Waals surface area contributed by atoms with E-state index in [1.165, 1.54) is 0 Å². The summed E-state index contributed by atoms with van der Waals surface area (Å²) >= 11 is 0. The summed E-state index contributed by atoms with van der Waals surface area (Å²) in [7, 11) is 0. The molecular formula is C10H18N4O. The summed E-state index contributed by atoms with van der Waals surface area (Å²) in [4.78, 5) is 9.96. The first-order valence-corrected chi connectivity index (χ1v) is 5.41. The second-order valence-electron chi connectivity index (χ2n) is 3.78. The molecule has 84 valence electrons. The fraction of sp³-hybridized carbons (Fsp3) is 0.700. The first-order valence-electron chi connectivity index (χ1n) is 5.41. The van der Waals surface area contributed by atoms with E-state index in [4.69, 9.17) is 10.5 Å². The van der Waals surface area contributed by atoms with Crippen LogP contribution in [0.15, 0.2) is 6.20 Å². The summed E-state index contributed by atoms with van der Waals surface area (Å²) in [5, 5.41) is 0. The molecule has 0 aromatic carbocycles. The third-order valence-corrected chi connectivity index (χ3v) is 2.57. The Morgan fingerprint density at radius 1 is 1.47 bits per heavy atom. The van der Waals surface area contributed by atoms with E-state index >= 15 is 0 Å². The Bertz CT molecular complexity index is 293. The summed E-state index contributed by atoms with van der Waals surface area (Å²) < 4.78 is 5.29. The lowest BCUT2D eigenvalue weighted by molar-refractivity contribution is 0.0331. The smallest absolute Gasteiger partial charge is 0.120 e. The van der Waals surface area contributed by atoms with Crippen LogP contribution in [-0.2, 0) is 17.7 Å². The normalized spacial score (nSPS) is 18.2. The van der Waals surface area contributed by atoms with E-state index in [1.807, 2.05) is 6.20 Å². The van der Waals surface area contributed by atoms with E-state index < -0.39 is 0 Å². The lowest BCUT2D eigenvalue weighted by atomic mass is 10.3. The number of H-pyrrole nitrogens is 1. The van der Waals surface area contributed by atoms with Gasteiger partial charge in [0.05, 0.1) is 19.8 Å². The van der Waals surface area contributed by atoms with Crippen LogP contribution >= 0.6 is 0 Å². The fourth-order valence-electron chi connectivity index (χ4n) is 1.74. The van der Waals surface area contributed by atoms with Gasteiger partial charge in [-0.2, -0.15) is 0 Å². The Balaban J connectivity index is 1.86. The Labute approximate surface area is 89.6 Å². The average Bonchev–Trinajstić information content (AvgIpc) is 2.68. The first-order chi connectivity index (χ1) is 7.38. The van der Waals surface area contributed by atoms with Crippen LogP contribution in [0.3, 0.4) is 0 Å². The number of rotatable bonds is 4. The largest absolute Gasteiger partial charge is 0.379 e. The molecule has 1 aliphatic rings. The summed E-state index contributed by atoms with van der Waals surface area (Å²) in [6.45, 7) is 5.19. The Hall–Kier alpha value is -0.910. The van der Waals surface area contributed by atoms with Crippen molar-refractivity contribution in [2.24, 2.45) is 5.73 Å². The molecule has 0 bridgehead atoms. The van der Waals surface area contributed by atoms with Gasteiger partial charge in [0.2, 0.25) is 0 Å². The number of ether oxygens (including phenoxy) is 1. The van der Waals surface area contributed by atoms with Gasteiger partial charge in [-0.25, -0.2) is 4.98 Å². The van der Waals surface area contributed by atoms with Crippen LogP contribution in [-0.4, -0.2) is 47.7 Å². The van der Waals surface area contributed by atoms with Gasteiger partial charge in [0.25, 0.3) is 0 Å². The molecule has 0 radical (unpaired) electrons. The number of hydrogen-bond donors (Lipinski definition) is 2. The third kappa shape index (κ3) is 3.02.